The van der Waals surface area contributed by atoms with E-state index < -0.39 is 0 Å². The monoisotopic (exact) mass is 223 g/mol. The molecule has 2 N–H and O–H groups in total. The smallest absolute Gasteiger partial charge is 0.250 e. The molecule has 0 aromatic heterocycles. The summed E-state index contributed by atoms with van der Waals surface area (Å²) in [5, 5.41) is 11.7. The number of aromatic hydroxyl groups is 1. The van der Waals surface area contributed by atoms with Crippen LogP contribution in [-0.2, 0) is 9.53 Å². The molecule has 1 aromatic rings. The van der Waals surface area contributed by atoms with Crippen LogP contribution in [-0.4, -0.2) is 24.2 Å². The highest BCUT2D eigenvalue weighted by atomic mass is 16.5. The lowest BCUT2D eigenvalue weighted by Gasteiger charge is -2.07. The maximum Gasteiger partial charge on any atom is 0.250 e. The number of anilines is 1. The standard InChI is InChI=1S/C12H17NO3/c1-9(2)7-16-8-12(15)13-10-3-5-11(14)6-4-10/h3-6,9,14H,7-8H2,1-2H3,(H,13,15). The molecule has 0 unspecified atom stereocenters. The van der Waals surface area contributed by atoms with Crippen LogP contribution in [0.4, 0.5) is 5.69 Å². The Bertz CT molecular complexity index is 333. The number of amides is 1. The number of carbonyl (C=O) groups is 1. The summed E-state index contributed by atoms with van der Waals surface area (Å²) in [6, 6.07) is 6.31. The third-order valence-corrected chi connectivity index (χ3v) is 1.84. The molecule has 0 atom stereocenters. The maximum atomic E-state index is 11.4. The zero-order valence-electron chi connectivity index (χ0n) is 9.56. The second kappa shape index (κ2) is 6.12. The molecular formula is C12H17NO3. The van der Waals surface area contributed by atoms with E-state index in [0.29, 0.717) is 18.2 Å². The SMILES string of the molecule is CC(C)COCC(=O)Nc1ccc(O)cc1. The van der Waals surface area contributed by atoms with Crippen LogP contribution in [0.3, 0.4) is 0 Å². The molecular weight excluding hydrogens is 206 g/mol. The molecule has 0 fully saturated rings. The topological polar surface area (TPSA) is 58.6 Å². The van der Waals surface area contributed by atoms with Crippen LogP contribution in [0.15, 0.2) is 24.3 Å². The first-order valence-corrected chi connectivity index (χ1v) is 5.24. The van der Waals surface area contributed by atoms with Crippen LogP contribution in [0.1, 0.15) is 13.8 Å². The van der Waals surface area contributed by atoms with Crippen LogP contribution in [0.5, 0.6) is 5.75 Å². The summed E-state index contributed by atoms with van der Waals surface area (Å²) in [6.45, 7) is 4.68. The van der Waals surface area contributed by atoms with Crippen LogP contribution < -0.4 is 5.32 Å². The minimum Gasteiger partial charge on any atom is -0.508 e. The number of benzene rings is 1. The highest BCUT2D eigenvalue weighted by Gasteiger charge is 2.03. The van der Waals surface area contributed by atoms with Crippen molar-refractivity contribution in [2.75, 3.05) is 18.5 Å². The average Bonchev–Trinajstić information content (AvgIpc) is 2.21. The van der Waals surface area contributed by atoms with Gasteiger partial charge in [-0.25, -0.2) is 0 Å². The zero-order chi connectivity index (χ0) is 12.0. The lowest BCUT2D eigenvalue weighted by molar-refractivity contribution is -0.120. The Balaban J connectivity index is 2.31. The van der Waals surface area contributed by atoms with Crippen molar-refractivity contribution in [1.82, 2.24) is 0 Å². The Labute approximate surface area is 95.2 Å². The van der Waals surface area contributed by atoms with Crippen molar-refractivity contribution in [3.63, 3.8) is 0 Å². The number of phenols is 1. The second-order valence-corrected chi connectivity index (χ2v) is 4.00. The average molecular weight is 223 g/mol. The van der Waals surface area contributed by atoms with Crippen molar-refractivity contribution in [2.45, 2.75) is 13.8 Å². The van der Waals surface area contributed by atoms with Gasteiger partial charge in [-0.2, -0.15) is 0 Å². The first-order valence-electron chi connectivity index (χ1n) is 5.24. The van der Waals surface area contributed by atoms with Gasteiger partial charge in [0.15, 0.2) is 0 Å². The summed E-state index contributed by atoms with van der Waals surface area (Å²) in [5.74, 6) is 0.405. The Morgan fingerprint density at radius 3 is 2.56 bits per heavy atom. The van der Waals surface area contributed by atoms with E-state index in [1.165, 1.54) is 12.1 Å². The Morgan fingerprint density at radius 1 is 1.38 bits per heavy atom. The number of phenolic OH excluding ortho intramolecular Hbond substituents is 1. The van der Waals surface area contributed by atoms with Crippen molar-refractivity contribution >= 4 is 11.6 Å². The molecule has 0 aliphatic heterocycles. The first-order chi connectivity index (χ1) is 7.58. The third-order valence-electron chi connectivity index (χ3n) is 1.84. The molecule has 1 aromatic carbocycles. The predicted octanol–water partition coefficient (Wildman–Crippen LogP) is 2.00. The van der Waals surface area contributed by atoms with Crippen molar-refractivity contribution in [2.24, 2.45) is 5.92 Å². The van der Waals surface area contributed by atoms with E-state index in [9.17, 15) is 4.79 Å². The Morgan fingerprint density at radius 2 is 2.00 bits per heavy atom. The van der Waals surface area contributed by atoms with Gasteiger partial charge in [-0.15, -0.1) is 0 Å². The molecule has 0 saturated heterocycles. The number of rotatable bonds is 5. The number of hydrogen-bond donors (Lipinski definition) is 2. The van der Waals surface area contributed by atoms with Crippen LogP contribution in [0.2, 0.25) is 0 Å². The van der Waals surface area contributed by atoms with Crippen molar-refractivity contribution < 1.29 is 14.6 Å². The summed E-state index contributed by atoms with van der Waals surface area (Å²) in [6.07, 6.45) is 0. The molecule has 0 saturated carbocycles. The Kier molecular flexibility index (Phi) is 4.79. The van der Waals surface area contributed by atoms with E-state index in [2.05, 4.69) is 5.32 Å². The molecule has 1 amide bonds. The highest BCUT2D eigenvalue weighted by molar-refractivity contribution is 5.91. The molecule has 0 heterocycles. The predicted molar refractivity (Wildman–Crippen MR) is 62.4 cm³/mol. The van der Waals surface area contributed by atoms with Gasteiger partial charge in [0.05, 0.1) is 0 Å². The maximum absolute atomic E-state index is 11.4. The minimum absolute atomic E-state index is 0.0546. The fourth-order valence-electron chi connectivity index (χ4n) is 1.13. The number of hydrogen-bond acceptors (Lipinski definition) is 3. The molecule has 4 nitrogen and oxygen atoms in total. The fourth-order valence-corrected chi connectivity index (χ4v) is 1.13. The summed E-state index contributed by atoms with van der Waals surface area (Å²) in [7, 11) is 0. The number of nitrogens with one attached hydrogen (secondary N) is 1. The highest BCUT2D eigenvalue weighted by Crippen LogP contribution is 2.13. The molecule has 0 bridgehead atoms. The minimum atomic E-state index is -0.189. The van der Waals surface area contributed by atoms with E-state index in [4.69, 9.17) is 9.84 Å². The molecule has 0 spiro atoms. The van der Waals surface area contributed by atoms with E-state index in [1.54, 1.807) is 12.1 Å². The quantitative estimate of drug-likeness (QED) is 0.751. The van der Waals surface area contributed by atoms with Crippen molar-refractivity contribution in [1.29, 1.82) is 0 Å². The van der Waals surface area contributed by atoms with E-state index in [0.717, 1.165) is 0 Å². The van der Waals surface area contributed by atoms with E-state index in [1.807, 2.05) is 13.8 Å². The number of carbonyl (C=O) groups excluding carboxylic acids is 1. The molecule has 16 heavy (non-hydrogen) atoms. The Hall–Kier alpha value is -1.55. The van der Waals surface area contributed by atoms with Crippen LogP contribution in [0.25, 0.3) is 0 Å². The van der Waals surface area contributed by atoms with Crippen molar-refractivity contribution in [3.8, 4) is 5.75 Å². The van der Waals surface area contributed by atoms with Gasteiger partial charge < -0.3 is 15.2 Å². The molecule has 88 valence electrons. The summed E-state index contributed by atoms with van der Waals surface area (Å²) < 4.78 is 5.19. The molecule has 1 rings (SSSR count). The van der Waals surface area contributed by atoms with Crippen LogP contribution in [0, 0.1) is 5.92 Å². The third kappa shape index (κ3) is 4.79. The van der Waals surface area contributed by atoms with Gasteiger partial charge in [0, 0.05) is 12.3 Å². The fraction of sp³-hybridized carbons (Fsp3) is 0.417. The van der Waals surface area contributed by atoms with E-state index >= 15 is 0 Å². The van der Waals surface area contributed by atoms with Gasteiger partial charge in [0.25, 0.3) is 0 Å². The lowest BCUT2D eigenvalue weighted by atomic mass is 10.2. The van der Waals surface area contributed by atoms with Crippen molar-refractivity contribution in [3.05, 3.63) is 24.3 Å². The van der Waals surface area contributed by atoms with Gasteiger partial charge in [-0.05, 0) is 30.2 Å². The largest absolute Gasteiger partial charge is 0.508 e. The molecule has 4 heteroatoms. The zero-order valence-corrected chi connectivity index (χ0v) is 9.56. The summed E-state index contributed by atoms with van der Waals surface area (Å²) >= 11 is 0. The second-order valence-electron chi connectivity index (χ2n) is 4.00. The first kappa shape index (κ1) is 12.5. The van der Waals surface area contributed by atoms with Crippen LogP contribution >= 0.6 is 0 Å². The molecule has 0 aliphatic rings. The number of ether oxygens (including phenoxy) is 1. The normalized spacial score (nSPS) is 10.4. The molecule has 0 radical (unpaired) electrons. The van der Waals surface area contributed by atoms with E-state index in [-0.39, 0.29) is 18.3 Å². The van der Waals surface area contributed by atoms with Gasteiger partial charge in [-0.3, -0.25) is 4.79 Å². The van der Waals surface area contributed by atoms with Gasteiger partial charge in [0.2, 0.25) is 5.91 Å². The van der Waals surface area contributed by atoms with Gasteiger partial charge in [0.1, 0.15) is 12.4 Å². The van der Waals surface area contributed by atoms with Gasteiger partial charge >= 0.3 is 0 Å². The lowest BCUT2D eigenvalue weighted by Crippen LogP contribution is -2.19. The summed E-state index contributed by atoms with van der Waals surface area (Å²) in [4.78, 5) is 11.4. The van der Waals surface area contributed by atoms with Gasteiger partial charge in [-0.1, -0.05) is 13.8 Å². The molecule has 0 aliphatic carbocycles. The summed E-state index contributed by atoms with van der Waals surface area (Å²) in [5.41, 5.74) is 0.649.